The Hall–Kier alpha value is -2.10. The molecule has 0 aliphatic rings. The third-order valence-electron chi connectivity index (χ3n) is 2.43. The van der Waals surface area contributed by atoms with E-state index in [0.29, 0.717) is 5.88 Å². The minimum Gasteiger partial charge on any atom is -0.479 e. The van der Waals surface area contributed by atoms with Gasteiger partial charge < -0.3 is 9.30 Å². The SMILES string of the molecule is C=CCc1ccc(-n2cnc(C)c2)c(OC)n1. The van der Waals surface area contributed by atoms with Gasteiger partial charge in [0.2, 0.25) is 5.88 Å². The maximum atomic E-state index is 5.30. The summed E-state index contributed by atoms with van der Waals surface area (Å²) in [6.45, 7) is 5.65. The highest BCUT2D eigenvalue weighted by atomic mass is 16.5. The van der Waals surface area contributed by atoms with Crippen molar-refractivity contribution >= 4 is 0 Å². The van der Waals surface area contributed by atoms with Gasteiger partial charge >= 0.3 is 0 Å². The molecule has 2 aromatic heterocycles. The second-order valence-electron chi connectivity index (χ2n) is 3.75. The van der Waals surface area contributed by atoms with E-state index in [1.54, 1.807) is 13.4 Å². The standard InChI is InChI=1S/C13H15N3O/c1-4-5-11-6-7-12(13(15-11)17-3)16-8-10(2)14-9-16/h4,6-9H,1,5H2,2-3H3. The van der Waals surface area contributed by atoms with Crippen molar-refractivity contribution in [3.63, 3.8) is 0 Å². The summed E-state index contributed by atoms with van der Waals surface area (Å²) in [5, 5.41) is 0. The number of aromatic nitrogens is 3. The van der Waals surface area contributed by atoms with Gasteiger partial charge in [0.05, 0.1) is 19.1 Å². The first-order chi connectivity index (χ1) is 8.24. The highest BCUT2D eigenvalue weighted by Crippen LogP contribution is 2.21. The van der Waals surface area contributed by atoms with Crippen molar-refractivity contribution in [1.29, 1.82) is 0 Å². The Morgan fingerprint density at radius 3 is 2.88 bits per heavy atom. The number of imidazole rings is 1. The van der Waals surface area contributed by atoms with Crippen LogP contribution in [0.5, 0.6) is 5.88 Å². The van der Waals surface area contributed by atoms with Gasteiger partial charge in [-0.1, -0.05) is 6.08 Å². The molecule has 4 nitrogen and oxygen atoms in total. The average Bonchev–Trinajstić information content (AvgIpc) is 2.76. The van der Waals surface area contributed by atoms with Gasteiger partial charge in [0.25, 0.3) is 0 Å². The summed E-state index contributed by atoms with van der Waals surface area (Å²) in [6.07, 6.45) is 6.25. The fraction of sp³-hybridized carbons (Fsp3) is 0.231. The molecule has 0 radical (unpaired) electrons. The minimum absolute atomic E-state index is 0.599. The predicted octanol–water partition coefficient (Wildman–Crippen LogP) is 2.31. The summed E-state index contributed by atoms with van der Waals surface area (Å²) in [7, 11) is 1.62. The van der Waals surface area contributed by atoms with E-state index in [9.17, 15) is 0 Å². The van der Waals surface area contributed by atoms with Crippen LogP contribution in [0.2, 0.25) is 0 Å². The Morgan fingerprint density at radius 2 is 2.29 bits per heavy atom. The van der Waals surface area contributed by atoms with Crippen LogP contribution in [0.3, 0.4) is 0 Å². The zero-order valence-electron chi connectivity index (χ0n) is 10.1. The third kappa shape index (κ3) is 2.36. The number of hydrogen-bond acceptors (Lipinski definition) is 3. The Labute approximate surface area is 101 Å². The van der Waals surface area contributed by atoms with Gasteiger partial charge in [-0.3, -0.25) is 0 Å². The molecular weight excluding hydrogens is 214 g/mol. The summed E-state index contributed by atoms with van der Waals surface area (Å²) < 4.78 is 7.20. The number of allylic oxidation sites excluding steroid dienone is 1. The Balaban J connectivity index is 2.43. The molecule has 0 N–H and O–H groups in total. The number of pyridine rings is 1. The number of aryl methyl sites for hydroxylation is 1. The van der Waals surface area contributed by atoms with Crippen LogP contribution in [-0.4, -0.2) is 21.6 Å². The fourth-order valence-electron chi connectivity index (χ4n) is 1.63. The summed E-state index contributed by atoms with van der Waals surface area (Å²) >= 11 is 0. The Kier molecular flexibility index (Phi) is 3.23. The van der Waals surface area contributed by atoms with Gasteiger partial charge in [-0.25, -0.2) is 9.97 Å². The topological polar surface area (TPSA) is 39.9 Å². The highest BCUT2D eigenvalue weighted by molar-refractivity contribution is 5.43. The van der Waals surface area contributed by atoms with Crippen LogP contribution in [0, 0.1) is 6.92 Å². The lowest BCUT2D eigenvalue weighted by molar-refractivity contribution is 0.394. The molecule has 0 bridgehead atoms. The first kappa shape index (κ1) is 11.4. The summed E-state index contributed by atoms with van der Waals surface area (Å²) in [6, 6.07) is 3.95. The lowest BCUT2D eigenvalue weighted by Gasteiger charge is -2.09. The molecule has 0 aromatic carbocycles. The Bertz CT molecular complexity index is 531. The lowest BCUT2D eigenvalue weighted by atomic mass is 10.2. The smallest absolute Gasteiger partial charge is 0.238 e. The van der Waals surface area contributed by atoms with E-state index in [4.69, 9.17) is 4.74 Å². The summed E-state index contributed by atoms with van der Waals surface area (Å²) in [4.78, 5) is 8.62. The van der Waals surface area contributed by atoms with Crippen LogP contribution in [-0.2, 0) is 6.42 Å². The molecule has 0 amide bonds. The number of rotatable bonds is 4. The molecule has 0 atom stereocenters. The number of hydrogen-bond donors (Lipinski definition) is 0. The van der Waals surface area contributed by atoms with Crippen LogP contribution in [0.4, 0.5) is 0 Å². The first-order valence-corrected chi connectivity index (χ1v) is 5.40. The van der Waals surface area contributed by atoms with Crippen LogP contribution in [0.1, 0.15) is 11.4 Å². The molecule has 0 saturated heterocycles. The average molecular weight is 229 g/mol. The van der Waals surface area contributed by atoms with Crippen molar-refractivity contribution in [3.05, 3.63) is 48.7 Å². The molecule has 2 heterocycles. The second-order valence-corrected chi connectivity index (χ2v) is 3.75. The summed E-state index contributed by atoms with van der Waals surface area (Å²) in [5.41, 5.74) is 2.79. The predicted molar refractivity (Wildman–Crippen MR) is 66.5 cm³/mol. The largest absolute Gasteiger partial charge is 0.479 e. The van der Waals surface area contributed by atoms with Crippen molar-refractivity contribution in [2.24, 2.45) is 0 Å². The molecule has 0 aliphatic carbocycles. The van der Waals surface area contributed by atoms with E-state index in [1.165, 1.54) is 0 Å². The molecule has 4 heteroatoms. The van der Waals surface area contributed by atoms with E-state index in [2.05, 4.69) is 16.5 Å². The van der Waals surface area contributed by atoms with Gasteiger partial charge in [0.1, 0.15) is 5.69 Å². The van der Waals surface area contributed by atoms with Crippen molar-refractivity contribution in [3.8, 4) is 11.6 Å². The highest BCUT2D eigenvalue weighted by Gasteiger charge is 2.08. The molecule has 2 rings (SSSR count). The van der Waals surface area contributed by atoms with E-state index in [0.717, 1.165) is 23.5 Å². The minimum atomic E-state index is 0.599. The maximum absolute atomic E-state index is 5.30. The van der Waals surface area contributed by atoms with Crippen molar-refractivity contribution in [2.75, 3.05) is 7.11 Å². The van der Waals surface area contributed by atoms with Crippen LogP contribution < -0.4 is 4.74 Å². The monoisotopic (exact) mass is 229 g/mol. The molecule has 0 unspecified atom stereocenters. The molecular formula is C13H15N3O. The number of ether oxygens (including phenoxy) is 1. The van der Waals surface area contributed by atoms with Gasteiger partial charge in [-0.05, 0) is 19.1 Å². The molecule has 2 aromatic rings. The van der Waals surface area contributed by atoms with E-state index >= 15 is 0 Å². The van der Waals surface area contributed by atoms with Gasteiger partial charge in [-0.15, -0.1) is 6.58 Å². The Morgan fingerprint density at radius 1 is 1.47 bits per heavy atom. The normalized spacial score (nSPS) is 10.2. The molecule has 0 spiro atoms. The van der Waals surface area contributed by atoms with E-state index < -0.39 is 0 Å². The first-order valence-electron chi connectivity index (χ1n) is 5.40. The fourth-order valence-corrected chi connectivity index (χ4v) is 1.63. The maximum Gasteiger partial charge on any atom is 0.238 e. The van der Waals surface area contributed by atoms with Gasteiger partial charge in [0, 0.05) is 18.3 Å². The van der Waals surface area contributed by atoms with Crippen LogP contribution >= 0.6 is 0 Å². The van der Waals surface area contributed by atoms with E-state index in [1.807, 2.05) is 35.9 Å². The molecule has 0 saturated carbocycles. The molecule has 17 heavy (non-hydrogen) atoms. The lowest BCUT2D eigenvalue weighted by Crippen LogP contribution is -2.00. The quantitative estimate of drug-likeness (QED) is 0.755. The zero-order chi connectivity index (χ0) is 12.3. The third-order valence-corrected chi connectivity index (χ3v) is 2.43. The zero-order valence-corrected chi connectivity index (χ0v) is 10.1. The second kappa shape index (κ2) is 4.82. The summed E-state index contributed by atoms with van der Waals surface area (Å²) in [5.74, 6) is 0.599. The van der Waals surface area contributed by atoms with Gasteiger partial charge in [0.15, 0.2) is 0 Å². The number of methoxy groups -OCH3 is 1. The van der Waals surface area contributed by atoms with Gasteiger partial charge in [-0.2, -0.15) is 0 Å². The van der Waals surface area contributed by atoms with Crippen molar-refractivity contribution in [2.45, 2.75) is 13.3 Å². The van der Waals surface area contributed by atoms with E-state index in [-0.39, 0.29) is 0 Å². The molecule has 0 fully saturated rings. The van der Waals surface area contributed by atoms with Crippen LogP contribution in [0.15, 0.2) is 37.3 Å². The molecule has 88 valence electrons. The van der Waals surface area contributed by atoms with Crippen molar-refractivity contribution in [1.82, 2.24) is 14.5 Å². The molecule has 0 aliphatic heterocycles. The van der Waals surface area contributed by atoms with Crippen LogP contribution in [0.25, 0.3) is 5.69 Å². The number of nitrogens with zero attached hydrogens (tertiary/aromatic N) is 3. The van der Waals surface area contributed by atoms with Crippen molar-refractivity contribution < 1.29 is 4.74 Å².